The van der Waals surface area contributed by atoms with Gasteiger partial charge >= 0.3 is 0 Å². The zero-order valence-electron chi connectivity index (χ0n) is 13.7. The van der Waals surface area contributed by atoms with Crippen LogP contribution in [0, 0.1) is 0 Å². The van der Waals surface area contributed by atoms with E-state index in [-0.39, 0.29) is 11.4 Å². The van der Waals surface area contributed by atoms with Crippen molar-refractivity contribution in [1.82, 2.24) is 14.9 Å². The second-order valence-electron chi connectivity index (χ2n) is 5.61. The van der Waals surface area contributed by atoms with Crippen molar-refractivity contribution in [2.75, 3.05) is 0 Å². The molecule has 0 aliphatic heterocycles. The number of rotatable bonds is 8. The number of hydrogen-bond acceptors (Lipinski definition) is 3. The highest BCUT2D eigenvalue weighted by atomic mass is 16.1. The monoisotopic (exact) mass is 313 g/mol. The second-order valence-corrected chi connectivity index (χ2v) is 5.61. The van der Waals surface area contributed by atoms with Crippen LogP contribution in [0.15, 0.2) is 42.9 Å². The van der Waals surface area contributed by atoms with Crippen molar-refractivity contribution in [3.8, 4) is 0 Å². The fraction of sp³-hybridized carbons (Fsp3) is 0.389. The van der Waals surface area contributed by atoms with Gasteiger partial charge in [-0.05, 0) is 18.4 Å². The van der Waals surface area contributed by atoms with E-state index in [0.29, 0.717) is 24.9 Å². The van der Waals surface area contributed by atoms with Crippen molar-refractivity contribution < 1.29 is 9.59 Å². The Morgan fingerprint density at radius 1 is 1.26 bits per heavy atom. The van der Waals surface area contributed by atoms with Crippen LogP contribution in [-0.4, -0.2) is 21.7 Å². The van der Waals surface area contributed by atoms with Crippen LogP contribution in [-0.2, 0) is 16.9 Å². The fourth-order valence-electron chi connectivity index (χ4n) is 2.78. The summed E-state index contributed by atoms with van der Waals surface area (Å²) >= 11 is 0. The SMILES string of the molecule is CCC(CC)(NC(=O)CCn1cnc(C=O)c1)c1ccccc1. The Bertz CT molecular complexity index is 645. The molecule has 2 rings (SSSR count). The standard InChI is InChI=1S/C18H23N3O2/c1-3-18(4-2,15-8-6-5-7-9-15)20-17(23)10-11-21-12-16(13-22)19-14-21/h5-9,12-14H,3-4,10-11H2,1-2H3,(H,20,23). The van der Waals surface area contributed by atoms with Gasteiger partial charge in [0.25, 0.3) is 0 Å². The van der Waals surface area contributed by atoms with Gasteiger partial charge in [0, 0.05) is 19.2 Å². The molecule has 0 aliphatic rings. The number of aryl methyl sites for hydroxylation is 1. The highest BCUT2D eigenvalue weighted by Crippen LogP contribution is 2.28. The van der Waals surface area contributed by atoms with Crippen molar-refractivity contribution in [3.63, 3.8) is 0 Å². The predicted octanol–water partition coefficient (Wildman–Crippen LogP) is 2.92. The van der Waals surface area contributed by atoms with E-state index in [2.05, 4.69) is 36.3 Å². The van der Waals surface area contributed by atoms with E-state index in [9.17, 15) is 9.59 Å². The van der Waals surface area contributed by atoms with Crippen molar-refractivity contribution in [1.29, 1.82) is 0 Å². The lowest BCUT2D eigenvalue weighted by molar-refractivity contribution is -0.123. The van der Waals surface area contributed by atoms with Crippen LogP contribution in [0.1, 0.15) is 49.2 Å². The maximum absolute atomic E-state index is 12.4. The average Bonchev–Trinajstić information content (AvgIpc) is 3.07. The lowest BCUT2D eigenvalue weighted by Gasteiger charge is -2.33. The Morgan fingerprint density at radius 3 is 2.52 bits per heavy atom. The minimum atomic E-state index is -0.332. The molecule has 23 heavy (non-hydrogen) atoms. The van der Waals surface area contributed by atoms with E-state index in [4.69, 9.17) is 0 Å². The number of nitrogens with one attached hydrogen (secondary N) is 1. The van der Waals surface area contributed by atoms with E-state index in [1.54, 1.807) is 17.1 Å². The number of carbonyl (C=O) groups excluding carboxylic acids is 2. The molecule has 2 aromatic rings. The molecule has 0 unspecified atom stereocenters. The number of nitrogens with zero attached hydrogens (tertiary/aromatic N) is 2. The fourth-order valence-corrected chi connectivity index (χ4v) is 2.78. The summed E-state index contributed by atoms with van der Waals surface area (Å²) in [5.41, 5.74) is 1.18. The van der Waals surface area contributed by atoms with Gasteiger partial charge in [-0.25, -0.2) is 4.98 Å². The Labute approximate surface area is 136 Å². The Morgan fingerprint density at radius 2 is 1.96 bits per heavy atom. The second kappa shape index (κ2) is 7.72. The third-order valence-corrected chi connectivity index (χ3v) is 4.28. The summed E-state index contributed by atoms with van der Waals surface area (Å²) in [6.45, 7) is 4.68. The number of amides is 1. The Hall–Kier alpha value is -2.43. The Kier molecular flexibility index (Phi) is 5.68. The zero-order valence-corrected chi connectivity index (χ0v) is 13.7. The number of aldehydes is 1. The molecule has 0 saturated carbocycles. The van der Waals surface area contributed by atoms with Gasteiger partial charge in [-0.1, -0.05) is 44.2 Å². The minimum Gasteiger partial charge on any atom is -0.347 e. The van der Waals surface area contributed by atoms with Gasteiger partial charge in [-0.2, -0.15) is 0 Å². The van der Waals surface area contributed by atoms with Crippen molar-refractivity contribution >= 4 is 12.2 Å². The highest BCUT2D eigenvalue weighted by molar-refractivity contribution is 5.77. The van der Waals surface area contributed by atoms with Gasteiger partial charge in [0.15, 0.2) is 6.29 Å². The summed E-state index contributed by atoms with van der Waals surface area (Å²) in [6, 6.07) is 10.1. The summed E-state index contributed by atoms with van der Waals surface area (Å²) in [4.78, 5) is 26.9. The molecule has 0 fully saturated rings. The quantitative estimate of drug-likeness (QED) is 0.762. The van der Waals surface area contributed by atoms with Crippen LogP contribution in [0.3, 0.4) is 0 Å². The van der Waals surface area contributed by atoms with Crippen molar-refractivity contribution in [3.05, 3.63) is 54.1 Å². The van der Waals surface area contributed by atoms with Crippen LogP contribution in [0.4, 0.5) is 0 Å². The van der Waals surface area contributed by atoms with Gasteiger partial charge in [0.2, 0.25) is 5.91 Å². The van der Waals surface area contributed by atoms with Gasteiger partial charge in [0.05, 0.1) is 11.9 Å². The third kappa shape index (κ3) is 4.06. The number of imidazole rings is 1. The first-order valence-corrected chi connectivity index (χ1v) is 7.97. The molecule has 5 nitrogen and oxygen atoms in total. The van der Waals surface area contributed by atoms with Crippen LogP contribution in [0.5, 0.6) is 0 Å². The number of benzene rings is 1. The van der Waals surface area contributed by atoms with Gasteiger partial charge < -0.3 is 9.88 Å². The first kappa shape index (κ1) is 16.9. The molecule has 0 atom stereocenters. The lowest BCUT2D eigenvalue weighted by Crippen LogP contribution is -2.45. The van der Waals surface area contributed by atoms with Gasteiger partial charge in [-0.15, -0.1) is 0 Å². The molecule has 0 radical (unpaired) electrons. The van der Waals surface area contributed by atoms with Crippen molar-refractivity contribution in [2.24, 2.45) is 0 Å². The summed E-state index contributed by atoms with van der Waals surface area (Å²) in [5.74, 6) is -0.00101. The van der Waals surface area contributed by atoms with E-state index in [1.807, 2.05) is 18.2 Å². The highest BCUT2D eigenvalue weighted by Gasteiger charge is 2.29. The molecule has 122 valence electrons. The lowest BCUT2D eigenvalue weighted by atomic mass is 9.84. The normalized spacial score (nSPS) is 11.2. The van der Waals surface area contributed by atoms with E-state index < -0.39 is 0 Å². The molecule has 1 N–H and O–H groups in total. The maximum atomic E-state index is 12.4. The molecule has 1 aromatic carbocycles. The smallest absolute Gasteiger partial charge is 0.222 e. The summed E-state index contributed by atoms with van der Waals surface area (Å²) < 4.78 is 1.76. The summed E-state index contributed by atoms with van der Waals surface area (Å²) in [5, 5.41) is 3.19. The van der Waals surface area contributed by atoms with Gasteiger partial charge in [0.1, 0.15) is 5.69 Å². The molecule has 0 bridgehead atoms. The largest absolute Gasteiger partial charge is 0.347 e. The third-order valence-electron chi connectivity index (χ3n) is 4.28. The topological polar surface area (TPSA) is 64.0 Å². The van der Waals surface area contributed by atoms with E-state index in [0.717, 1.165) is 18.4 Å². The predicted molar refractivity (Wildman–Crippen MR) is 89.1 cm³/mol. The number of aromatic nitrogens is 2. The molecule has 1 amide bonds. The number of hydrogen-bond donors (Lipinski definition) is 1. The molecule has 0 spiro atoms. The average molecular weight is 313 g/mol. The number of carbonyl (C=O) groups is 2. The van der Waals surface area contributed by atoms with E-state index in [1.165, 1.54) is 0 Å². The molecule has 1 heterocycles. The molecular formula is C18H23N3O2. The zero-order chi connectivity index (χ0) is 16.7. The van der Waals surface area contributed by atoms with E-state index >= 15 is 0 Å². The minimum absolute atomic E-state index is 0.00101. The Balaban J connectivity index is 2.02. The van der Waals surface area contributed by atoms with Crippen LogP contribution in [0.2, 0.25) is 0 Å². The van der Waals surface area contributed by atoms with Gasteiger partial charge in [-0.3, -0.25) is 9.59 Å². The molecule has 0 saturated heterocycles. The maximum Gasteiger partial charge on any atom is 0.222 e. The summed E-state index contributed by atoms with van der Waals surface area (Å²) in [6.07, 6.45) is 5.93. The summed E-state index contributed by atoms with van der Waals surface area (Å²) in [7, 11) is 0. The first-order valence-electron chi connectivity index (χ1n) is 7.97. The van der Waals surface area contributed by atoms with Crippen LogP contribution < -0.4 is 5.32 Å². The van der Waals surface area contributed by atoms with Crippen molar-refractivity contribution in [2.45, 2.75) is 45.2 Å². The first-order chi connectivity index (χ1) is 11.1. The molecule has 0 aliphatic carbocycles. The van der Waals surface area contributed by atoms with Crippen LogP contribution in [0.25, 0.3) is 0 Å². The molecule has 5 heteroatoms. The molecule has 1 aromatic heterocycles. The molecular weight excluding hydrogens is 290 g/mol. The van der Waals surface area contributed by atoms with Crippen LogP contribution >= 0.6 is 0 Å².